The van der Waals surface area contributed by atoms with E-state index in [1.54, 1.807) is 6.92 Å². The van der Waals surface area contributed by atoms with Gasteiger partial charge in [-0.1, -0.05) is 12.0 Å². The van der Waals surface area contributed by atoms with Gasteiger partial charge < -0.3 is 10.4 Å². The molecule has 0 bridgehead atoms. The number of rotatable bonds is 6. The predicted octanol–water partition coefficient (Wildman–Crippen LogP) is 1.06. The Balaban J connectivity index is 2.41. The van der Waals surface area contributed by atoms with E-state index in [1.807, 2.05) is 0 Å². The first-order valence-corrected chi connectivity index (χ1v) is 6.64. The maximum Gasteiger partial charge on any atom is 0.137 e. The Bertz CT molecular complexity index is 669. The molecule has 2 N–H and O–H groups in total. The van der Waals surface area contributed by atoms with Crippen LogP contribution in [-0.4, -0.2) is 32.5 Å². The van der Waals surface area contributed by atoms with E-state index in [1.165, 1.54) is 23.4 Å². The molecule has 0 aliphatic rings. The predicted molar refractivity (Wildman–Crippen MR) is 76.6 cm³/mol. The third-order valence-corrected chi connectivity index (χ3v) is 3.49. The number of aliphatic hydroxyl groups is 1. The van der Waals surface area contributed by atoms with Crippen molar-refractivity contribution < 1.29 is 13.9 Å². The van der Waals surface area contributed by atoms with E-state index < -0.39 is 23.3 Å². The van der Waals surface area contributed by atoms with E-state index in [4.69, 9.17) is 6.42 Å². The topological polar surface area (TPSA) is 63.0 Å². The van der Waals surface area contributed by atoms with E-state index in [0.29, 0.717) is 0 Å². The fourth-order valence-electron chi connectivity index (χ4n) is 2.24. The number of terminal acetylenes is 1. The van der Waals surface area contributed by atoms with Gasteiger partial charge in [-0.2, -0.15) is 5.10 Å². The van der Waals surface area contributed by atoms with Gasteiger partial charge >= 0.3 is 0 Å². The highest BCUT2D eigenvalue weighted by molar-refractivity contribution is 5.27. The standard InChI is InChI=1S/C15H16F2N4O/c1-3-6-19-11(2)15(22,8-21-10-18-9-20-21)13-5-4-12(16)7-14(13)17/h1,4-5,7,9-11,19,22H,6,8H2,2H3/t11-,15-/m1/s1. The lowest BCUT2D eigenvalue weighted by atomic mass is 9.86. The van der Waals surface area contributed by atoms with Crippen LogP contribution in [0.3, 0.4) is 0 Å². The number of benzene rings is 1. The van der Waals surface area contributed by atoms with Gasteiger partial charge in [0.25, 0.3) is 0 Å². The van der Waals surface area contributed by atoms with Crippen LogP contribution in [0.15, 0.2) is 30.9 Å². The summed E-state index contributed by atoms with van der Waals surface area (Å²) in [5, 5.41) is 17.9. The van der Waals surface area contributed by atoms with E-state index in [2.05, 4.69) is 21.3 Å². The number of halogens is 2. The van der Waals surface area contributed by atoms with Gasteiger partial charge in [-0.15, -0.1) is 6.42 Å². The number of nitrogens with one attached hydrogen (secondary N) is 1. The van der Waals surface area contributed by atoms with Crippen LogP contribution >= 0.6 is 0 Å². The summed E-state index contributed by atoms with van der Waals surface area (Å²) in [6, 6.07) is 2.44. The van der Waals surface area contributed by atoms with Crippen molar-refractivity contribution in [1.82, 2.24) is 20.1 Å². The Labute approximate surface area is 127 Å². The number of aromatic nitrogens is 3. The van der Waals surface area contributed by atoms with Gasteiger partial charge in [-0.3, -0.25) is 0 Å². The maximum absolute atomic E-state index is 14.1. The third kappa shape index (κ3) is 3.30. The van der Waals surface area contributed by atoms with Gasteiger partial charge in [0, 0.05) is 17.7 Å². The van der Waals surface area contributed by atoms with E-state index in [0.717, 1.165) is 12.1 Å². The molecule has 0 spiro atoms. The average Bonchev–Trinajstić information content (AvgIpc) is 2.97. The molecular formula is C15H16F2N4O. The summed E-state index contributed by atoms with van der Waals surface area (Å²) in [4.78, 5) is 3.79. The average molecular weight is 306 g/mol. The van der Waals surface area contributed by atoms with Crippen molar-refractivity contribution in [1.29, 1.82) is 0 Å². The van der Waals surface area contributed by atoms with Gasteiger partial charge in [-0.25, -0.2) is 18.4 Å². The first-order valence-electron chi connectivity index (χ1n) is 6.64. The summed E-state index contributed by atoms with van der Waals surface area (Å²) < 4.78 is 28.6. The molecule has 0 fully saturated rings. The van der Waals surface area contributed by atoms with Crippen LogP contribution in [0.1, 0.15) is 12.5 Å². The fourth-order valence-corrected chi connectivity index (χ4v) is 2.24. The molecule has 0 saturated heterocycles. The SMILES string of the molecule is C#CCN[C@H](C)[C@](O)(Cn1cncn1)c1ccc(F)cc1F. The minimum absolute atomic E-state index is 0.0404. The summed E-state index contributed by atoms with van der Waals surface area (Å²) in [5.74, 6) is 0.844. The van der Waals surface area contributed by atoms with E-state index in [-0.39, 0.29) is 18.7 Å². The Morgan fingerprint density at radius 2 is 2.27 bits per heavy atom. The second kappa shape index (κ2) is 6.64. The monoisotopic (exact) mass is 306 g/mol. The molecular weight excluding hydrogens is 290 g/mol. The second-order valence-corrected chi connectivity index (χ2v) is 4.95. The molecule has 1 heterocycles. The minimum Gasteiger partial charge on any atom is -0.381 e. The first-order chi connectivity index (χ1) is 10.5. The van der Waals surface area contributed by atoms with Crippen molar-refractivity contribution in [2.45, 2.75) is 25.1 Å². The largest absolute Gasteiger partial charge is 0.381 e. The van der Waals surface area contributed by atoms with Crippen LogP contribution in [0.5, 0.6) is 0 Å². The zero-order valence-corrected chi connectivity index (χ0v) is 12.0. The molecule has 22 heavy (non-hydrogen) atoms. The molecule has 0 unspecified atom stereocenters. The van der Waals surface area contributed by atoms with Crippen LogP contribution in [0.2, 0.25) is 0 Å². The molecule has 2 atom stereocenters. The lowest BCUT2D eigenvalue weighted by Crippen LogP contribution is -2.50. The lowest BCUT2D eigenvalue weighted by molar-refractivity contribution is -0.0189. The minimum atomic E-state index is -1.68. The molecule has 0 amide bonds. The molecule has 2 rings (SSSR count). The summed E-state index contributed by atoms with van der Waals surface area (Å²) in [7, 11) is 0. The molecule has 5 nitrogen and oxygen atoms in total. The highest BCUT2D eigenvalue weighted by Crippen LogP contribution is 2.29. The van der Waals surface area contributed by atoms with Crippen molar-refractivity contribution in [3.8, 4) is 12.3 Å². The van der Waals surface area contributed by atoms with Crippen LogP contribution in [0.4, 0.5) is 8.78 Å². The Kier molecular flexibility index (Phi) is 4.85. The summed E-state index contributed by atoms with van der Waals surface area (Å²) in [6.45, 7) is 1.80. The molecule has 0 radical (unpaired) electrons. The van der Waals surface area contributed by atoms with Crippen molar-refractivity contribution in [3.63, 3.8) is 0 Å². The molecule has 116 valence electrons. The smallest absolute Gasteiger partial charge is 0.137 e. The van der Waals surface area contributed by atoms with Crippen LogP contribution in [0, 0.1) is 24.0 Å². The molecule has 7 heteroatoms. The number of hydrogen-bond donors (Lipinski definition) is 2. The molecule has 0 aliphatic heterocycles. The zero-order chi connectivity index (χ0) is 16.2. The summed E-state index contributed by atoms with van der Waals surface area (Å²) in [5.41, 5.74) is -1.72. The van der Waals surface area contributed by atoms with Gasteiger partial charge in [0.05, 0.1) is 13.1 Å². The van der Waals surface area contributed by atoms with Crippen molar-refractivity contribution >= 4 is 0 Å². The molecule has 2 aromatic rings. The van der Waals surface area contributed by atoms with E-state index in [9.17, 15) is 13.9 Å². The third-order valence-electron chi connectivity index (χ3n) is 3.49. The van der Waals surface area contributed by atoms with Gasteiger partial charge in [0.1, 0.15) is 29.9 Å². The Morgan fingerprint density at radius 3 is 2.86 bits per heavy atom. The molecule has 1 aromatic heterocycles. The number of hydrogen-bond acceptors (Lipinski definition) is 4. The summed E-state index contributed by atoms with van der Waals surface area (Å²) in [6.07, 6.45) is 7.91. The fraction of sp³-hybridized carbons (Fsp3) is 0.333. The first kappa shape index (κ1) is 16.1. The van der Waals surface area contributed by atoms with Gasteiger partial charge in [-0.05, 0) is 13.0 Å². The molecule has 0 saturated carbocycles. The van der Waals surface area contributed by atoms with E-state index >= 15 is 0 Å². The normalized spacial score (nSPS) is 15.0. The number of nitrogens with zero attached hydrogens (tertiary/aromatic N) is 3. The highest BCUT2D eigenvalue weighted by Gasteiger charge is 2.38. The summed E-state index contributed by atoms with van der Waals surface area (Å²) >= 11 is 0. The van der Waals surface area contributed by atoms with Crippen LogP contribution < -0.4 is 5.32 Å². The van der Waals surface area contributed by atoms with Crippen LogP contribution in [-0.2, 0) is 12.1 Å². The van der Waals surface area contributed by atoms with Gasteiger partial charge in [0.2, 0.25) is 0 Å². The zero-order valence-electron chi connectivity index (χ0n) is 12.0. The molecule has 0 aliphatic carbocycles. The highest BCUT2D eigenvalue weighted by atomic mass is 19.1. The van der Waals surface area contributed by atoms with Crippen molar-refractivity contribution in [3.05, 3.63) is 48.1 Å². The Morgan fingerprint density at radius 1 is 1.50 bits per heavy atom. The maximum atomic E-state index is 14.1. The van der Waals surface area contributed by atoms with Crippen molar-refractivity contribution in [2.24, 2.45) is 0 Å². The van der Waals surface area contributed by atoms with Crippen molar-refractivity contribution in [2.75, 3.05) is 6.54 Å². The van der Waals surface area contributed by atoms with Crippen LogP contribution in [0.25, 0.3) is 0 Å². The molecule has 1 aromatic carbocycles. The van der Waals surface area contributed by atoms with Gasteiger partial charge in [0.15, 0.2) is 0 Å². The lowest BCUT2D eigenvalue weighted by Gasteiger charge is -2.35. The second-order valence-electron chi connectivity index (χ2n) is 4.95. The Hall–Kier alpha value is -2.30. The quantitative estimate of drug-likeness (QED) is 0.783.